The number of morpholine rings is 1. The molecule has 1 saturated heterocycles. The fourth-order valence-electron chi connectivity index (χ4n) is 3.07. The van der Waals surface area contributed by atoms with Gasteiger partial charge in [0.25, 0.3) is 0 Å². The first kappa shape index (κ1) is 16.4. The van der Waals surface area contributed by atoms with Crippen LogP contribution < -0.4 is 5.32 Å². The van der Waals surface area contributed by atoms with Crippen molar-refractivity contribution in [3.63, 3.8) is 0 Å². The standard InChI is InChI=1S/C17H23FN2O3/c18-14-3-1-13(2-4-14)17(5-6-17)16(22)19-11-15(21)12-20-7-9-23-10-8-20/h1-4,15,21H,5-12H2,(H,19,22). The van der Waals surface area contributed by atoms with Crippen LogP contribution in [0.5, 0.6) is 0 Å². The van der Waals surface area contributed by atoms with Crippen LogP contribution >= 0.6 is 0 Å². The van der Waals surface area contributed by atoms with Crippen LogP contribution in [0.3, 0.4) is 0 Å². The Kier molecular flexibility index (Phi) is 4.94. The molecule has 3 rings (SSSR count). The van der Waals surface area contributed by atoms with Crippen molar-refractivity contribution >= 4 is 5.91 Å². The molecule has 0 spiro atoms. The van der Waals surface area contributed by atoms with Gasteiger partial charge in [0, 0.05) is 26.2 Å². The number of carbonyl (C=O) groups is 1. The number of β-amino-alcohol motifs (C(OH)–C–C–N with tert-alkyl or cyclic N) is 1. The van der Waals surface area contributed by atoms with Crippen molar-refractivity contribution in [2.24, 2.45) is 0 Å². The van der Waals surface area contributed by atoms with Gasteiger partial charge in [0.05, 0.1) is 24.7 Å². The number of aliphatic hydroxyl groups is 1. The van der Waals surface area contributed by atoms with E-state index in [4.69, 9.17) is 4.74 Å². The molecule has 1 aromatic carbocycles. The van der Waals surface area contributed by atoms with Crippen molar-refractivity contribution < 1.29 is 19.0 Å². The summed E-state index contributed by atoms with van der Waals surface area (Å²) in [5.74, 6) is -0.379. The van der Waals surface area contributed by atoms with Crippen LogP contribution in [0.15, 0.2) is 24.3 Å². The average Bonchev–Trinajstić information content (AvgIpc) is 3.36. The van der Waals surface area contributed by atoms with E-state index in [9.17, 15) is 14.3 Å². The number of benzene rings is 1. The predicted molar refractivity (Wildman–Crippen MR) is 83.6 cm³/mol. The molecule has 1 atom stereocenters. The van der Waals surface area contributed by atoms with Crippen LogP contribution in [-0.4, -0.2) is 61.4 Å². The lowest BCUT2D eigenvalue weighted by Gasteiger charge is -2.28. The Hall–Kier alpha value is -1.50. The lowest BCUT2D eigenvalue weighted by Crippen LogP contribution is -2.46. The third-order valence-electron chi connectivity index (χ3n) is 4.65. The summed E-state index contributed by atoms with van der Waals surface area (Å²) in [6.07, 6.45) is 0.940. The fourth-order valence-corrected chi connectivity index (χ4v) is 3.07. The number of nitrogens with zero attached hydrogens (tertiary/aromatic N) is 1. The summed E-state index contributed by atoms with van der Waals surface area (Å²) in [6, 6.07) is 6.12. The van der Waals surface area contributed by atoms with Gasteiger partial charge in [0.1, 0.15) is 5.82 Å². The number of carbonyl (C=O) groups excluding carboxylic acids is 1. The topological polar surface area (TPSA) is 61.8 Å². The van der Waals surface area contributed by atoms with E-state index < -0.39 is 11.5 Å². The first-order chi connectivity index (χ1) is 11.1. The van der Waals surface area contributed by atoms with Crippen molar-refractivity contribution in [1.82, 2.24) is 10.2 Å². The van der Waals surface area contributed by atoms with Gasteiger partial charge < -0.3 is 15.2 Å². The first-order valence-corrected chi connectivity index (χ1v) is 8.13. The largest absolute Gasteiger partial charge is 0.390 e. The molecule has 23 heavy (non-hydrogen) atoms. The lowest BCUT2D eigenvalue weighted by atomic mass is 9.95. The van der Waals surface area contributed by atoms with E-state index in [0.29, 0.717) is 19.8 Å². The van der Waals surface area contributed by atoms with E-state index in [1.807, 2.05) is 0 Å². The first-order valence-electron chi connectivity index (χ1n) is 8.13. The molecule has 1 amide bonds. The summed E-state index contributed by atoms with van der Waals surface area (Å²) < 4.78 is 18.3. The van der Waals surface area contributed by atoms with Gasteiger partial charge in [-0.05, 0) is 30.5 Å². The molecule has 0 aromatic heterocycles. The van der Waals surface area contributed by atoms with Gasteiger partial charge in [-0.1, -0.05) is 12.1 Å². The molecule has 126 valence electrons. The third kappa shape index (κ3) is 3.88. The van der Waals surface area contributed by atoms with Crippen molar-refractivity contribution in [2.75, 3.05) is 39.4 Å². The van der Waals surface area contributed by atoms with E-state index in [-0.39, 0.29) is 18.3 Å². The lowest BCUT2D eigenvalue weighted by molar-refractivity contribution is -0.124. The molecular formula is C17H23FN2O3. The second-order valence-electron chi connectivity index (χ2n) is 6.37. The highest BCUT2D eigenvalue weighted by atomic mass is 19.1. The molecule has 1 saturated carbocycles. The number of nitrogens with one attached hydrogen (secondary N) is 1. The number of ether oxygens (including phenoxy) is 1. The summed E-state index contributed by atoms with van der Waals surface area (Å²) >= 11 is 0. The van der Waals surface area contributed by atoms with Crippen molar-refractivity contribution in [2.45, 2.75) is 24.4 Å². The molecule has 1 aromatic rings. The fraction of sp³-hybridized carbons (Fsp3) is 0.588. The molecular weight excluding hydrogens is 299 g/mol. The van der Waals surface area contributed by atoms with Crippen LogP contribution in [0.2, 0.25) is 0 Å². The van der Waals surface area contributed by atoms with Crippen LogP contribution in [0.1, 0.15) is 18.4 Å². The zero-order valence-corrected chi connectivity index (χ0v) is 13.1. The van der Waals surface area contributed by atoms with Gasteiger partial charge in [0.15, 0.2) is 0 Å². The number of aliphatic hydroxyl groups excluding tert-OH is 1. The Morgan fingerprint density at radius 3 is 2.57 bits per heavy atom. The highest BCUT2D eigenvalue weighted by molar-refractivity contribution is 5.91. The number of rotatable bonds is 6. The van der Waals surface area contributed by atoms with Crippen molar-refractivity contribution in [3.05, 3.63) is 35.6 Å². The molecule has 2 fully saturated rings. The van der Waals surface area contributed by atoms with Gasteiger partial charge >= 0.3 is 0 Å². The van der Waals surface area contributed by atoms with Crippen molar-refractivity contribution in [3.8, 4) is 0 Å². The van der Waals surface area contributed by atoms with E-state index in [2.05, 4.69) is 10.2 Å². The molecule has 1 unspecified atom stereocenters. The van der Waals surface area contributed by atoms with Gasteiger partial charge in [-0.3, -0.25) is 9.69 Å². The summed E-state index contributed by atoms with van der Waals surface area (Å²) in [5.41, 5.74) is 0.311. The predicted octanol–water partition coefficient (Wildman–Crippen LogP) is 0.667. The number of halogens is 1. The molecule has 1 heterocycles. The van der Waals surface area contributed by atoms with Crippen LogP contribution in [0.4, 0.5) is 4.39 Å². The van der Waals surface area contributed by atoms with Gasteiger partial charge in [0.2, 0.25) is 5.91 Å². The SMILES string of the molecule is O=C(NCC(O)CN1CCOCC1)C1(c2ccc(F)cc2)CC1. The van der Waals surface area contributed by atoms with E-state index >= 15 is 0 Å². The number of amides is 1. The molecule has 2 aliphatic rings. The van der Waals surface area contributed by atoms with Gasteiger partial charge in [-0.15, -0.1) is 0 Å². The molecule has 0 radical (unpaired) electrons. The minimum atomic E-state index is -0.596. The summed E-state index contributed by atoms with van der Waals surface area (Å²) in [6.45, 7) is 3.76. The average molecular weight is 322 g/mol. The Bertz CT molecular complexity index is 539. The number of hydrogen-bond acceptors (Lipinski definition) is 4. The minimum absolute atomic E-state index is 0.0786. The zero-order chi connectivity index (χ0) is 16.3. The Balaban J connectivity index is 1.49. The van der Waals surface area contributed by atoms with E-state index in [1.54, 1.807) is 12.1 Å². The van der Waals surface area contributed by atoms with Crippen molar-refractivity contribution in [1.29, 1.82) is 0 Å². The Labute approximate surface area is 135 Å². The molecule has 2 N–H and O–H groups in total. The molecule has 0 bridgehead atoms. The minimum Gasteiger partial charge on any atom is -0.390 e. The van der Waals surface area contributed by atoms with E-state index in [1.165, 1.54) is 12.1 Å². The monoisotopic (exact) mass is 322 g/mol. The van der Waals surface area contributed by atoms with Crippen LogP contribution in [0, 0.1) is 5.82 Å². The molecule has 1 aliphatic heterocycles. The van der Waals surface area contributed by atoms with E-state index in [0.717, 1.165) is 31.5 Å². The van der Waals surface area contributed by atoms with Crippen LogP contribution in [0.25, 0.3) is 0 Å². The molecule has 1 aliphatic carbocycles. The normalized spacial score (nSPS) is 21.7. The quantitative estimate of drug-likeness (QED) is 0.808. The third-order valence-corrected chi connectivity index (χ3v) is 4.65. The molecule has 5 nitrogen and oxygen atoms in total. The second kappa shape index (κ2) is 6.95. The highest BCUT2D eigenvalue weighted by Gasteiger charge is 2.51. The second-order valence-corrected chi connectivity index (χ2v) is 6.37. The maximum Gasteiger partial charge on any atom is 0.230 e. The van der Waals surface area contributed by atoms with Crippen LogP contribution in [-0.2, 0) is 14.9 Å². The Morgan fingerprint density at radius 2 is 1.96 bits per heavy atom. The smallest absolute Gasteiger partial charge is 0.230 e. The maximum atomic E-state index is 13.0. The summed E-state index contributed by atoms with van der Waals surface area (Å²) in [4.78, 5) is 14.6. The summed E-state index contributed by atoms with van der Waals surface area (Å²) in [5, 5.41) is 12.9. The van der Waals surface area contributed by atoms with Gasteiger partial charge in [-0.2, -0.15) is 0 Å². The highest BCUT2D eigenvalue weighted by Crippen LogP contribution is 2.48. The molecule has 6 heteroatoms. The number of hydrogen-bond donors (Lipinski definition) is 2. The summed E-state index contributed by atoms with van der Waals surface area (Å²) in [7, 11) is 0. The Morgan fingerprint density at radius 1 is 1.30 bits per heavy atom. The maximum absolute atomic E-state index is 13.0. The van der Waals surface area contributed by atoms with Gasteiger partial charge in [-0.25, -0.2) is 4.39 Å². The zero-order valence-electron chi connectivity index (χ0n) is 13.1.